The third kappa shape index (κ3) is 4.19. The van der Waals surface area contributed by atoms with Gasteiger partial charge in [0.25, 0.3) is 0 Å². The first-order valence-corrected chi connectivity index (χ1v) is 5.73. The van der Waals surface area contributed by atoms with Crippen LogP contribution >= 0.6 is 0 Å². The third-order valence-corrected chi connectivity index (χ3v) is 2.38. The fourth-order valence-electron chi connectivity index (χ4n) is 1.32. The van der Waals surface area contributed by atoms with E-state index < -0.39 is 0 Å². The molecule has 1 atom stereocenters. The molecule has 3 heteroatoms. The molecule has 0 aliphatic heterocycles. The normalized spacial score (nSPS) is 13.6. The molecular weight excluding hydrogens is 200 g/mol. The smallest absolute Gasteiger partial charge is 0.218 e. The van der Waals surface area contributed by atoms with Crippen LogP contribution in [-0.2, 0) is 0 Å². The Bertz CT molecular complexity index is 329. The van der Waals surface area contributed by atoms with E-state index in [1.165, 1.54) is 0 Å². The van der Waals surface area contributed by atoms with Gasteiger partial charge in [0.1, 0.15) is 0 Å². The fourth-order valence-corrected chi connectivity index (χ4v) is 1.32. The minimum Gasteiger partial charge on any atom is -0.477 e. The Morgan fingerprint density at radius 3 is 2.69 bits per heavy atom. The van der Waals surface area contributed by atoms with Crippen LogP contribution in [0.2, 0.25) is 0 Å². The molecule has 0 aliphatic carbocycles. The van der Waals surface area contributed by atoms with Gasteiger partial charge in [-0.15, -0.1) is 0 Å². The molecule has 0 saturated heterocycles. The van der Waals surface area contributed by atoms with Gasteiger partial charge >= 0.3 is 0 Å². The Labute approximate surface area is 98.0 Å². The molecule has 1 aromatic rings. The quantitative estimate of drug-likeness (QED) is 0.852. The van der Waals surface area contributed by atoms with Gasteiger partial charge in [0, 0.05) is 17.8 Å². The van der Waals surface area contributed by atoms with Crippen LogP contribution in [0.4, 0.5) is 0 Å². The van der Waals surface area contributed by atoms with E-state index in [0.29, 0.717) is 12.5 Å². The van der Waals surface area contributed by atoms with Gasteiger partial charge in [-0.3, -0.25) is 0 Å². The predicted octanol–water partition coefficient (Wildman–Crippen LogP) is 2.92. The molecule has 0 aliphatic rings. The van der Waals surface area contributed by atoms with Crippen LogP contribution in [0.15, 0.2) is 18.3 Å². The minimum atomic E-state index is -0.0432. The zero-order chi connectivity index (χ0) is 12.2. The van der Waals surface area contributed by atoms with Crippen molar-refractivity contribution in [1.82, 2.24) is 4.98 Å². The second-order valence-electron chi connectivity index (χ2n) is 5.35. The van der Waals surface area contributed by atoms with Crippen molar-refractivity contribution in [1.29, 1.82) is 0 Å². The Balaban J connectivity index is 2.60. The first-order valence-electron chi connectivity index (χ1n) is 5.73. The van der Waals surface area contributed by atoms with Gasteiger partial charge in [0.15, 0.2) is 0 Å². The third-order valence-electron chi connectivity index (χ3n) is 2.38. The van der Waals surface area contributed by atoms with Crippen LogP contribution in [0.25, 0.3) is 0 Å². The molecule has 0 radical (unpaired) electrons. The fraction of sp³-hybridized carbons (Fsp3) is 0.615. The van der Waals surface area contributed by atoms with Crippen molar-refractivity contribution in [3.63, 3.8) is 0 Å². The lowest BCUT2D eigenvalue weighted by atomic mass is 9.93. The summed E-state index contributed by atoms with van der Waals surface area (Å²) in [6.45, 7) is 9.21. The SMILES string of the molecule is C[C@@H](N)c1cccnc1OCCC(C)(C)C. The molecule has 1 heterocycles. The van der Waals surface area contributed by atoms with E-state index in [4.69, 9.17) is 10.5 Å². The number of hydrogen-bond donors (Lipinski definition) is 1. The summed E-state index contributed by atoms with van der Waals surface area (Å²) in [5.41, 5.74) is 7.10. The van der Waals surface area contributed by atoms with Gasteiger partial charge < -0.3 is 10.5 Å². The van der Waals surface area contributed by atoms with Gasteiger partial charge in [-0.1, -0.05) is 26.8 Å². The number of ether oxygens (including phenoxy) is 1. The van der Waals surface area contributed by atoms with Crippen molar-refractivity contribution < 1.29 is 4.74 Å². The first-order chi connectivity index (χ1) is 7.40. The molecule has 0 amide bonds. The maximum atomic E-state index is 5.85. The van der Waals surface area contributed by atoms with Gasteiger partial charge in [-0.25, -0.2) is 4.98 Å². The van der Waals surface area contributed by atoms with Crippen molar-refractivity contribution in [3.8, 4) is 5.88 Å². The van der Waals surface area contributed by atoms with Crippen LogP contribution in [0.3, 0.4) is 0 Å². The molecule has 2 N–H and O–H groups in total. The zero-order valence-electron chi connectivity index (χ0n) is 10.7. The number of nitrogens with zero attached hydrogens (tertiary/aromatic N) is 1. The maximum Gasteiger partial charge on any atom is 0.218 e. The number of hydrogen-bond acceptors (Lipinski definition) is 3. The number of pyridine rings is 1. The summed E-state index contributed by atoms with van der Waals surface area (Å²) in [6.07, 6.45) is 2.74. The average Bonchev–Trinajstić information content (AvgIpc) is 2.16. The van der Waals surface area contributed by atoms with Crippen molar-refractivity contribution in [3.05, 3.63) is 23.9 Å². The lowest BCUT2D eigenvalue weighted by molar-refractivity contribution is 0.234. The molecule has 16 heavy (non-hydrogen) atoms. The molecule has 0 fully saturated rings. The van der Waals surface area contributed by atoms with Crippen molar-refractivity contribution in [2.75, 3.05) is 6.61 Å². The van der Waals surface area contributed by atoms with Crippen LogP contribution < -0.4 is 10.5 Å². The van der Waals surface area contributed by atoms with E-state index in [-0.39, 0.29) is 11.5 Å². The molecule has 1 rings (SSSR count). The Kier molecular flexibility index (Phi) is 4.30. The summed E-state index contributed by atoms with van der Waals surface area (Å²) < 4.78 is 5.68. The molecule has 0 aromatic carbocycles. The maximum absolute atomic E-state index is 5.85. The minimum absolute atomic E-state index is 0.0432. The van der Waals surface area contributed by atoms with Crippen LogP contribution in [-0.4, -0.2) is 11.6 Å². The predicted molar refractivity (Wildman–Crippen MR) is 66.4 cm³/mol. The Morgan fingerprint density at radius 2 is 2.12 bits per heavy atom. The lowest BCUT2D eigenvalue weighted by Crippen LogP contribution is -2.14. The first kappa shape index (κ1) is 13.0. The second-order valence-corrected chi connectivity index (χ2v) is 5.35. The van der Waals surface area contributed by atoms with E-state index >= 15 is 0 Å². The van der Waals surface area contributed by atoms with Gasteiger partial charge in [0.2, 0.25) is 5.88 Å². The summed E-state index contributed by atoms with van der Waals surface area (Å²) in [7, 11) is 0. The highest BCUT2D eigenvalue weighted by Gasteiger charge is 2.12. The van der Waals surface area contributed by atoms with Gasteiger partial charge in [0.05, 0.1) is 6.61 Å². The highest BCUT2D eigenvalue weighted by molar-refractivity contribution is 5.28. The summed E-state index contributed by atoms with van der Waals surface area (Å²) in [4.78, 5) is 4.22. The van der Waals surface area contributed by atoms with Crippen molar-refractivity contribution >= 4 is 0 Å². The molecular formula is C13H22N2O. The molecule has 0 bridgehead atoms. The van der Waals surface area contributed by atoms with E-state index in [2.05, 4.69) is 25.8 Å². The van der Waals surface area contributed by atoms with E-state index in [1.54, 1.807) is 6.20 Å². The molecule has 3 nitrogen and oxygen atoms in total. The van der Waals surface area contributed by atoms with E-state index in [0.717, 1.165) is 12.0 Å². The standard InChI is InChI=1S/C13H22N2O/c1-10(14)11-6-5-8-15-12(11)16-9-7-13(2,3)4/h5-6,8,10H,7,9,14H2,1-4H3/t10-/m1/s1. The average molecular weight is 222 g/mol. The molecule has 90 valence electrons. The monoisotopic (exact) mass is 222 g/mol. The van der Waals surface area contributed by atoms with E-state index in [1.807, 2.05) is 19.1 Å². The Hall–Kier alpha value is -1.09. The van der Waals surface area contributed by atoms with Crippen LogP contribution in [0, 0.1) is 5.41 Å². The summed E-state index contributed by atoms with van der Waals surface area (Å²) in [5.74, 6) is 0.668. The topological polar surface area (TPSA) is 48.1 Å². The Morgan fingerprint density at radius 1 is 1.44 bits per heavy atom. The molecule has 0 saturated carbocycles. The van der Waals surface area contributed by atoms with Crippen molar-refractivity contribution in [2.45, 2.75) is 40.2 Å². The van der Waals surface area contributed by atoms with Crippen molar-refractivity contribution in [2.24, 2.45) is 11.1 Å². The largest absolute Gasteiger partial charge is 0.477 e. The van der Waals surface area contributed by atoms with Crippen LogP contribution in [0.5, 0.6) is 5.88 Å². The number of aromatic nitrogens is 1. The summed E-state index contributed by atoms with van der Waals surface area (Å²) in [5, 5.41) is 0. The lowest BCUT2D eigenvalue weighted by Gasteiger charge is -2.19. The number of rotatable bonds is 4. The van der Waals surface area contributed by atoms with E-state index in [9.17, 15) is 0 Å². The highest BCUT2D eigenvalue weighted by Crippen LogP contribution is 2.23. The number of nitrogens with two attached hydrogens (primary N) is 1. The van der Waals surface area contributed by atoms with Crippen LogP contribution in [0.1, 0.15) is 45.7 Å². The van der Waals surface area contributed by atoms with Gasteiger partial charge in [-0.2, -0.15) is 0 Å². The van der Waals surface area contributed by atoms with Gasteiger partial charge in [-0.05, 0) is 24.8 Å². The molecule has 1 aromatic heterocycles. The second kappa shape index (κ2) is 5.30. The summed E-state index contributed by atoms with van der Waals surface area (Å²) in [6, 6.07) is 3.80. The zero-order valence-corrected chi connectivity index (χ0v) is 10.7. The summed E-state index contributed by atoms with van der Waals surface area (Å²) >= 11 is 0. The molecule has 0 spiro atoms. The molecule has 0 unspecified atom stereocenters. The highest BCUT2D eigenvalue weighted by atomic mass is 16.5.